The van der Waals surface area contributed by atoms with Crippen molar-refractivity contribution in [2.75, 3.05) is 0 Å². The minimum atomic E-state index is -0.930. The Morgan fingerprint density at radius 2 is 2.31 bits per heavy atom. The van der Waals surface area contributed by atoms with Crippen molar-refractivity contribution in [3.05, 3.63) is 23.5 Å². The Kier molecular flexibility index (Phi) is 2.51. The number of rotatable bonds is 2. The number of nitrogens with zero attached hydrogens (tertiary/aromatic N) is 2. The minimum absolute atomic E-state index is 0.720. The van der Waals surface area contributed by atoms with Crippen LogP contribution in [0.15, 0.2) is 12.3 Å². The highest BCUT2D eigenvalue weighted by Crippen LogP contribution is 2.16. The molecular weight excluding hydrogens is 168 g/mol. The van der Waals surface area contributed by atoms with Gasteiger partial charge in [0.25, 0.3) is 0 Å². The normalized spacial score (nSPS) is 11.8. The van der Waals surface area contributed by atoms with Gasteiger partial charge in [-0.05, 0) is 19.4 Å². The number of hydrogen-bond donors (Lipinski definition) is 1. The molecule has 0 spiro atoms. The quantitative estimate of drug-likeness (QED) is 0.696. The third-order valence-electron chi connectivity index (χ3n) is 1.78. The minimum Gasteiger partial charge on any atom is -0.478 e. The summed E-state index contributed by atoms with van der Waals surface area (Å²) in [6.07, 6.45) is 2.99. The van der Waals surface area contributed by atoms with Crippen molar-refractivity contribution in [3.8, 4) is 0 Å². The molecule has 0 saturated carbocycles. The fourth-order valence-electron chi connectivity index (χ4n) is 1.25. The van der Waals surface area contributed by atoms with E-state index in [4.69, 9.17) is 5.11 Å². The Morgan fingerprint density at radius 1 is 1.69 bits per heavy atom. The van der Waals surface area contributed by atoms with E-state index in [9.17, 15) is 4.79 Å². The van der Waals surface area contributed by atoms with Crippen molar-refractivity contribution >= 4 is 11.5 Å². The van der Waals surface area contributed by atoms with E-state index < -0.39 is 5.97 Å². The number of carboxylic acid groups (broad SMARTS) is 1. The van der Waals surface area contributed by atoms with Crippen molar-refractivity contribution in [2.45, 2.75) is 13.8 Å². The van der Waals surface area contributed by atoms with Gasteiger partial charge in [0.2, 0.25) is 0 Å². The van der Waals surface area contributed by atoms with Crippen LogP contribution in [0.4, 0.5) is 0 Å². The number of aromatic nitrogens is 2. The smallest absolute Gasteiger partial charge is 0.328 e. The van der Waals surface area contributed by atoms with E-state index in [1.165, 1.54) is 6.08 Å². The van der Waals surface area contributed by atoms with E-state index in [-0.39, 0.29) is 0 Å². The molecule has 1 aromatic heterocycles. The lowest BCUT2D eigenvalue weighted by Gasteiger charge is -1.95. The summed E-state index contributed by atoms with van der Waals surface area (Å²) in [6, 6.07) is 0. The first-order valence-corrected chi connectivity index (χ1v) is 3.92. The van der Waals surface area contributed by atoms with Gasteiger partial charge < -0.3 is 5.11 Å². The van der Waals surface area contributed by atoms with Crippen LogP contribution < -0.4 is 0 Å². The van der Waals surface area contributed by atoms with Crippen LogP contribution in [0.2, 0.25) is 0 Å². The highest BCUT2D eigenvalue weighted by Gasteiger charge is 2.05. The molecule has 0 fully saturated rings. The summed E-state index contributed by atoms with van der Waals surface area (Å²) >= 11 is 0. The first-order valence-electron chi connectivity index (χ1n) is 3.92. The van der Waals surface area contributed by atoms with Gasteiger partial charge in [0.05, 0.1) is 5.69 Å². The lowest BCUT2D eigenvalue weighted by molar-refractivity contribution is -0.131. The van der Waals surface area contributed by atoms with Gasteiger partial charge in [0.15, 0.2) is 0 Å². The van der Waals surface area contributed by atoms with Crippen LogP contribution in [0, 0.1) is 6.92 Å². The lowest BCUT2D eigenvalue weighted by Crippen LogP contribution is -1.90. The zero-order valence-corrected chi connectivity index (χ0v) is 7.90. The van der Waals surface area contributed by atoms with Crippen molar-refractivity contribution < 1.29 is 9.90 Å². The molecule has 13 heavy (non-hydrogen) atoms. The van der Waals surface area contributed by atoms with Gasteiger partial charge in [0, 0.05) is 24.9 Å². The molecule has 0 amide bonds. The van der Waals surface area contributed by atoms with E-state index in [0.717, 1.165) is 16.8 Å². The fourth-order valence-corrected chi connectivity index (χ4v) is 1.25. The Morgan fingerprint density at radius 3 is 2.69 bits per heavy atom. The molecule has 0 radical (unpaired) electrons. The summed E-state index contributed by atoms with van der Waals surface area (Å²) in [4.78, 5) is 10.4. The number of aryl methyl sites for hydroxylation is 2. The van der Waals surface area contributed by atoms with E-state index in [1.54, 1.807) is 11.6 Å². The molecule has 0 aliphatic rings. The highest BCUT2D eigenvalue weighted by atomic mass is 16.4. The van der Waals surface area contributed by atoms with E-state index in [0.29, 0.717) is 0 Å². The second-order valence-electron chi connectivity index (χ2n) is 2.97. The number of carboxylic acids is 1. The van der Waals surface area contributed by atoms with Crippen molar-refractivity contribution in [2.24, 2.45) is 7.05 Å². The molecule has 1 heterocycles. The van der Waals surface area contributed by atoms with Gasteiger partial charge in [-0.2, -0.15) is 5.10 Å². The molecule has 70 valence electrons. The molecule has 1 rings (SSSR count). The summed E-state index contributed by atoms with van der Waals surface area (Å²) in [5.41, 5.74) is 2.44. The zero-order valence-electron chi connectivity index (χ0n) is 7.90. The number of carbonyl (C=O) groups is 1. The topological polar surface area (TPSA) is 55.1 Å². The van der Waals surface area contributed by atoms with Crippen molar-refractivity contribution in [1.82, 2.24) is 9.78 Å². The van der Waals surface area contributed by atoms with Crippen LogP contribution in [0.3, 0.4) is 0 Å². The predicted octanol–water partition coefficient (Wildman–Crippen LogP) is 1.22. The van der Waals surface area contributed by atoms with Gasteiger partial charge in [-0.1, -0.05) is 0 Å². The summed E-state index contributed by atoms with van der Waals surface area (Å²) in [5, 5.41) is 12.7. The summed E-state index contributed by atoms with van der Waals surface area (Å²) in [5.74, 6) is -0.930. The third kappa shape index (κ3) is 2.18. The average molecular weight is 180 g/mol. The maximum Gasteiger partial charge on any atom is 0.328 e. The average Bonchev–Trinajstić information content (AvgIpc) is 2.28. The molecule has 0 unspecified atom stereocenters. The number of aliphatic carboxylic acids is 1. The second kappa shape index (κ2) is 3.43. The summed E-state index contributed by atoms with van der Waals surface area (Å²) < 4.78 is 1.67. The molecule has 0 aromatic carbocycles. The molecule has 1 aromatic rings. The van der Waals surface area contributed by atoms with Crippen LogP contribution in [0.5, 0.6) is 0 Å². The molecule has 0 aliphatic heterocycles. The third-order valence-corrected chi connectivity index (χ3v) is 1.78. The molecule has 0 saturated heterocycles. The van der Waals surface area contributed by atoms with Crippen LogP contribution in [0.1, 0.15) is 18.2 Å². The highest BCUT2D eigenvalue weighted by molar-refractivity contribution is 5.89. The molecule has 0 atom stereocenters. The molecule has 1 N–H and O–H groups in total. The maximum atomic E-state index is 10.4. The van der Waals surface area contributed by atoms with Gasteiger partial charge >= 0.3 is 5.97 Å². The predicted molar refractivity (Wildman–Crippen MR) is 49.2 cm³/mol. The van der Waals surface area contributed by atoms with Gasteiger partial charge in [-0.3, -0.25) is 4.68 Å². The summed E-state index contributed by atoms with van der Waals surface area (Å²) in [6.45, 7) is 3.62. The molecule has 4 nitrogen and oxygen atoms in total. The molecule has 4 heteroatoms. The number of hydrogen-bond acceptors (Lipinski definition) is 2. The van der Waals surface area contributed by atoms with E-state index in [1.807, 2.05) is 20.2 Å². The van der Waals surface area contributed by atoms with Crippen LogP contribution in [-0.2, 0) is 11.8 Å². The first-order chi connectivity index (χ1) is 6.00. The standard InChI is InChI=1S/C9H12N2O2/c1-6(4-9(12)13)8-5-11(3)10-7(8)2/h4-5H,1-3H3,(H,12,13)/b6-4+. The van der Waals surface area contributed by atoms with Gasteiger partial charge in [-0.15, -0.1) is 0 Å². The zero-order chi connectivity index (χ0) is 10.0. The fraction of sp³-hybridized carbons (Fsp3) is 0.333. The Balaban J connectivity index is 3.08. The largest absolute Gasteiger partial charge is 0.478 e. The SMILES string of the molecule is C/C(=C\C(=O)O)c1cn(C)nc1C. The number of allylic oxidation sites excluding steroid dienone is 1. The van der Waals surface area contributed by atoms with Crippen LogP contribution >= 0.6 is 0 Å². The van der Waals surface area contributed by atoms with E-state index >= 15 is 0 Å². The lowest BCUT2D eigenvalue weighted by atomic mass is 10.1. The van der Waals surface area contributed by atoms with Crippen LogP contribution in [-0.4, -0.2) is 20.9 Å². The Bertz CT molecular complexity index is 364. The Labute approximate surface area is 76.5 Å². The molecule has 0 bridgehead atoms. The maximum absolute atomic E-state index is 10.4. The second-order valence-corrected chi connectivity index (χ2v) is 2.97. The van der Waals surface area contributed by atoms with Gasteiger partial charge in [0.1, 0.15) is 0 Å². The molecular formula is C9H12N2O2. The van der Waals surface area contributed by atoms with Crippen molar-refractivity contribution in [1.29, 1.82) is 0 Å². The Hall–Kier alpha value is -1.58. The van der Waals surface area contributed by atoms with Crippen molar-refractivity contribution in [3.63, 3.8) is 0 Å². The molecule has 0 aliphatic carbocycles. The van der Waals surface area contributed by atoms with Gasteiger partial charge in [-0.25, -0.2) is 4.79 Å². The van der Waals surface area contributed by atoms with Crippen LogP contribution in [0.25, 0.3) is 5.57 Å². The summed E-state index contributed by atoms with van der Waals surface area (Å²) in [7, 11) is 1.81. The first kappa shape index (κ1) is 9.51. The van der Waals surface area contributed by atoms with E-state index in [2.05, 4.69) is 5.10 Å². The monoisotopic (exact) mass is 180 g/mol.